The lowest BCUT2D eigenvalue weighted by molar-refractivity contribution is -0.123. The number of carbonyl (C=O) groups is 1. The second-order valence-corrected chi connectivity index (χ2v) is 5.64. The molecule has 0 aliphatic heterocycles. The average molecular weight is 364 g/mol. The van der Waals surface area contributed by atoms with E-state index >= 15 is 0 Å². The molecule has 1 amide bonds. The van der Waals surface area contributed by atoms with Gasteiger partial charge in [-0.25, -0.2) is 0 Å². The van der Waals surface area contributed by atoms with Crippen LogP contribution in [0.25, 0.3) is 0 Å². The molecule has 1 aromatic heterocycles. The number of para-hydroxylation sites is 2. The molecule has 3 aromatic rings. The molecule has 0 radical (unpaired) electrons. The summed E-state index contributed by atoms with van der Waals surface area (Å²) in [6.45, 7) is 0.281. The first-order valence-corrected chi connectivity index (χ1v) is 8.43. The highest BCUT2D eigenvalue weighted by Crippen LogP contribution is 2.26. The molecule has 1 N–H and O–H groups in total. The summed E-state index contributed by atoms with van der Waals surface area (Å²) < 4.78 is 15.9. The summed E-state index contributed by atoms with van der Waals surface area (Å²) in [5.41, 5.74) is 1.67. The van der Waals surface area contributed by atoms with Gasteiger partial charge in [0, 0.05) is 6.21 Å². The molecular weight excluding hydrogens is 344 g/mol. The lowest BCUT2D eigenvalue weighted by Gasteiger charge is -2.07. The maximum atomic E-state index is 11.8. The predicted octanol–water partition coefficient (Wildman–Crippen LogP) is 3.73. The number of nitrogens with zero attached hydrogens (tertiary/aromatic N) is 1. The molecule has 0 saturated carbocycles. The van der Waals surface area contributed by atoms with Crippen LogP contribution in [0.3, 0.4) is 0 Å². The molecule has 0 fully saturated rings. The van der Waals surface area contributed by atoms with Crippen LogP contribution in [-0.4, -0.2) is 25.8 Å². The van der Waals surface area contributed by atoms with E-state index in [0.717, 1.165) is 11.3 Å². The molecule has 1 heterocycles. The first kappa shape index (κ1) is 18.3. The monoisotopic (exact) mass is 364 g/mol. The van der Waals surface area contributed by atoms with Gasteiger partial charge in [0.25, 0.3) is 5.91 Å². The SMILES string of the molecule is COc1ccccc1N=Cc1ccc(OCC(=O)NCc2ccco2)cc1. The van der Waals surface area contributed by atoms with Crippen molar-refractivity contribution in [1.29, 1.82) is 0 Å². The van der Waals surface area contributed by atoms with Crippen molar-refractivity contribution in [3.63, 3.8) is 0 Å². The number of nitrogens with one attached hydrogen (secondary N) is 1. The second-order valence-electron chi connectivity index (χ2n) is 5.64. The minimum atomic E-state index is -0.215. The number of hydrogen-bond donors (Lipinski definition) is 1. The van der Waals surface area contributed by atoms with Gasteiger partial charge in [0.15, 0.2) is 6.61 Å². The highest BCUT2D eigenvalue weighted by molar-refractivity contribution is 5.83. The molecule has 3 rings (SSSR count). The van der Waals surface area contributed by atoms with Gasteiger partial charge in [0.1, 0.15) is 22.9 Å². The Morgan fingerprint density at radius 3 is 2.67 bits per heavy atom. The number of ether oxygens (including phenoxy) is 2. The number of carbonyl (C=O) groups excluding carboxylic acids is 1. The maximum Gasteiger partial charge on any atom is 0.258 e. The number of hydrogen-bond acceptors (Lipinski definition) is 5. The van der Waals surface area contributed by atoms with Gasteiger partial charge in [-0.1, -0.05) is 12.1 Å². The molecule has 0 aliphatic rings. The Kier molecular flexibility index (Phi) is 6.25. The van der Waals surface area contributed by atoms with E-state index in [1.54, 1.807) is 43.9 Å². The van der Waals surface area contributed by atoms with E-state index in [4.69, 9.17) is 13.9 Å². The van der Waals surface area contributed by atoms with E-state index in [2.05, 4.69) is 10.3 Å². The largest absolute Gasteiger partial charge is 0.494 e. The fourth-order valence-electron chi connectivity index (χ4n) is 2.33. The van der Waals surface area contributed by atoms with Crippen LogP contribution in [0.5, 0.6) is 11.5 Å². The molecule has 0 unspecified atom stereocenters. The molecule has 6 nitrogen and oxygen atoms in total. The Bertz CT molecular complexity index is 887. The van der Waals surface area contributed by atoms with Crippen molar-refractivity contribution < 1.29 is 18.7 Å². The predicted molar refractivity (Wildman–Crippen MR) is 103 cm³/mol. The van der Waals surface area contributed by atoms with E-state index in [9.17, 15) is 4.79 Å². The molecule has 0 aliphatic carbocycles. The summed E-state index contributed by atoms with van der Waals surface area (Å²) in [7, 11) is 1.62. The average Bonchev–Trinajstić information content (AvgIpc) is 3.24. The van der Waals surface area contributed by atoms with Gasteiger partial charge >= 0.3 is 0 Å². The number of aliphatic imine (C=N–C) groups is 1. The number of methoxy groups -OCH3 is 1. The summed E-state index contributed by atoms with van der Waals surface area (Å²) in [4.78, 5) is 16.2. The molecule has 0 spiro atoms. The quantitative estimate of drug-likeness (QED) is 0.618. The minimum Gasteiger partial charge on any atom is -0.494 e. The van der Waals surface area contributed by atoms with Gasteiger partial charge in [-0.3, -0.25) is 9.79 Å². The third kappa shape index (κ3) is 5.47. The van der Waals surface area contributed by atoms with Crippen molar-refractivity contribution in [2.24, 2.45) is 4.99 Å². The van der Waals surface area contributed by atoms with Crippen LogP contribution in [-0.2, 0) is 11.3 Å². The van der Waals surface area contributed by atoms with Crippen LogP contribution in [0.15, 0.2) is 76.3 Å². The molecule has 138 valence electrons. The van der Waals surface area contributed by atoms with Crippen LogP contribution in [0.1, 0.15) is 11.3 Å². The Morgan fingerprint density at radius 1 is 1.11 bits per heavy atom. The van der Waals surface area contributed by atoms with Crippen LogP contribution >= 0.6 is 0 Å². The Balaban J connectivity index is 1.49. The zero-order valence-electron chi connectivity index (χ0n) is 14.9. The number of rotatable bonds is 8. The van der Waals surface area contributed by atoms with E-state index < -0.39 is 0 Å². The summed E-state index contributed by atoms with van der Waals surface area (Å²) >= 11 is 0. The molecule has 0 atom stereocenters. The Morgan fingerprint density at radius 2 is 1.93 bits per heavy atom. The summed E-state index contributed by atoms with van der Waals surface area (Å²) in [6, 6.07) is 18.5. The Labute approximate surface area is 157 Å². The van der Waals surface area contributed by atoms with E-state index in [0.29, 0.717) is 23.8 Å². The standard InChI is InChI=1S/C21H20N2O4/c1-25-20-7-3-2-6-19(20)22-13-16-8-10-17(11-9-16)27-15-21(24)23-14-18-5-4-12-26-18/h2-13H,14-15H2,1H3,(H,23,24). The fourth-order valence-corrected chi connectivity index (χ4v) is 2.33. The van der Waals surface area contributed by atoms with Gasteiger partial charge in [-0.15, -0.1) is 0 Å². The lowest BCUT2D eigenvalue weighted by Crippen LogP contribution is -2.28. The molecule has 6 heteroatoms. The number of furan rings is 1. The van der Waals surface area contributed by atoms with Crippen molar-refractivity contribution in [3.05, 3.63) is 78.3 Å². The zero-order chi connectivity index (χ0) is 18.9. The van der Waals surface area contributed by atoms with Crippen LogP contribution in [0.2, 0.25) is 0 Å². The molecular formula is C21H20N2O4. The third-order valence-electron chi connectivity index (χ3n) is 3.73. The molecule has 2 aromatic carbocycles. The summed E-state index contributed by atoms with van der Waals surface area (Å²) in [6.07, 6.45) is 3.31. The fraction of sp³-hybridized carbons (Fsp3) is 0.143. The summed E-state index contributed by atoms with van der Waals surface area (Å²) in [5.74, 6) is 1.81. The number of amides is 1. The highest BCUT2D eigenvalue weighted by atomic mass is 16.5. The Hall–Kier alpha value is -3.54. The van der Waals surface area contributed by atoms with Crippen LogP contribution in [0, 0.1) is 0 Å². The smallest absolute Gasteiger partial charge is 0.258 e. The van der Waals surface area contributed by atoms with Gasteiger partial charge < -0.3 is 19.2 Å². The molecule has 0 saturated heterocycles. The number of benzene rings is 2. The van der Waals surface area contributed by atoms with Crippen LogP contribution in [0.4, 0.5) is 5.69 Å². The van der Waals surface area contributed by atoms with E-state index in [-0.39, 0.29) is 12.5 Å². The molecule has 0 bridgehead atoms. The van der Waals surface area contributed by atoms with Crippen molar-refractivity contribution in [3.8, 4) is 11.5 Å². The second kappa shape index (κ2) is 9.24. The molecule has 27 heavy (non-hydrogen) atoms. The van der Waals surface area contributed by atoms with Crippen molar-refractivity contribution >= 4 is 17.8 Å². The lowest BCUT2D eigenvalue weighted by atomic mass is 10.2. The first-order valence-electron chi connectivity index (χ1n) is 8.43. The van der Waals surface area contributed by atoms with Crippen LogP contribution < -0.4 is 14.8 Å². The topological polar surface area (TPSA) is 73.1 Å². The van der Waals surface area contributed by atoms with E-state index in [1.165, 1.54) is 0 Å². The zero-order valence-corrected chi connectivity index (χ0v) is 14.9. The van der Waals surface area contributed by atoms with Gasteiger partial charge in [-0.05, 0) is 54.1 Å². The first-order chi connectivity index (χ1) is 13.2. The van der Waals surface area contributed by atoms with Gasteiger partial charge in [0.2, 0.25) is 0 Å². The van der Waals surface area contributed by atoms with Gasteiger partial charge in [-0.2, -0.15) is 0 Å². The van der Waals surface area contributed by atoms with Crippen molar-refractivity contribution in [2.45, 2.75) is 6.54 Å². The van der Waals surface area contributed by atoms with Crippen molar-refractivity contribution in [1.82, 2.24) is 5.32 Å². The maximum absolute atomic E-state index is 11.8. The highest BCUT2D eigenvalue weighted by Gasteiger charge is 2.04. The minimum absolute atomic E-state index is 0.0602. The normalized spacial score (nSPS) is 10.7. The van der Waals surface area contributed by atoms with Crippen molar-refractivity contribution in [2.75, 3.05) is 13.7 Å². The van der Waals surface area contributed by atoms with Gasteiger partial charge in [0.05, 0.1) is 19.9 Å². The van der Waals surface area contributed by atoms with E-state index in [1.807, 2.05) is 36.4 Å². The third-order valence-corrected chi connectivity index (χ3v) is 3.73. The summed E-state index contributed by atoms with van der Waals surface area (Å²) in [5, 5.41) is 2.73.